The molecule has 1 aromatic heterocycles. The number of nitrogens with zero attached hydrogens (tertiary/aromatic N) is 2. The van der Waals surface area contributed by atoms with Gasteiger partial charge in [0.1, 0.15) is 0 Å². The number of anilines is 2. The van der Waals surface area contributed by atoms with E-state index in [-0.39, 0.29) is 5.91 Å². The van der Waals surface area contributed by atoms with E-state index in [4.69, 9.17) is 4.98 Å². The van der Waals surface area contributed by atoms with Gasteiger partial charge in [-0.15, -0.1) is 0 Å². The number of carbonyl (C=O) groups is 1. The molecular formula is C28H30N4O. The number of rotatable bonds is 8. The van der Waals surface area contributed by atoms with Crippen molar-refractivity contribution in [3.05, 3.63) is 78.4 Å². The molecule has 33 heavy (non-hydrogen) atoms. The summed E-state index contributed by atoms with van der Waals surface area (Å²) >= 11 is 0. The van der Waals surface area contributed by atoms with Gasteiger partial charge in [-0.3, -0.25) is 4.79 Å². The number of hydrogen-bond acceptors (Lipinski definition) is 4. The van der Waals surface area contributed by atoms with Gasteiger partial charge in [0.25, 0.3) is 0 Å². The third-order valence-electron chi connectivity index (χ3n) is 6.38. The normalized spacial score (nSPS) is 14.1. The molecule has 168 valence electrons. The van der Waals surface area contributed by atoms with E-state index in [9.17, 15) is 4.79 Å². The van der Waals surface area contributed by atoms with Gasteiger partial charge < -0.3 is 15.5 Å². The van der Waals surface area contributed by atoms with Crippen LogP contribution < -0.4 is 10.6 Å². The predicted molar refractivity (Wildman–Crippen MR) is 137 cm³/mol. The summed E-state index contributed by atoms with van der Waals surface area (Å²) in [6.45, 7) is 3.89. The summed E-state index contributed by atoms with van der Waals surface area (Å²) in [5.74, 6) is 0.0586. The highest BCUT2D eigenvalue weighted by Crippen LogP contribution is 2.32. The van der Waals surface area contributed by atoms with Gasteiger partial charge >= 0.3 is 0 Å². The minimum atomic E-state index is 0.0586. The fourth-order valence-corrected chi connectivity index (χ4v) is 4.63. The molecule has 1 fully saturated rings. The van der Waals surface area contributed by atoms with E-state index in [1.54, 1.807) is 0 Å². The highest BCUT2D eigenvalue weighted by molar-refractivity contribution is 6.08. The summed E-state index contributed by atoms with van der Waals surface area (Å²) in [5.41, 5.74) is 5.04. The molecule has 0 atom stereocenters. The Kier molecular flexibility index (Phi) is 6.49. The van der Waals surface area contributed by atoms with E-state index >= 15 is 0 Å². The monoisotopic (exact) mass is 438 g/mol. The lowest BCUT2D eigenvalue weighted by Crippen LogP contribution is -2.25. The summed E-state index contributed by atoms with van der Waals surface area (Å²) in [6, 6.07) is 24.8. The Morgan fingerprint density at radius 2 is 1.64 bits per heavy atom. The highest BCUT2D eigenvalue weighted by atomic mass is 16.1. The average molecular weight is 439 g/mol. The van der Waals surface area contributed by atoms with E-state index in [1.165, 1.54) is 18.4 Å². The second kappa shape index (κ2) is 10.0. The van der Waals surface area contributed by atoms with Crippen LogP contribution in [0.15, 0.2) is 72.8 Å². The van der Waals surface area contributed by atoms with Crippen molar-refractivity contribution in [1.82, 2.24) is 9.88 Å². The molecule has 0 bridgehead atoms. The lowest BCUT2D eigenvalue weighted by molar-refractivity contribution is -0.116. The number of aromatic nitrogens is 1. The molecule has 2 heterocycles. The van der Waals surface area contributed by atoms with Crippen LogP contribution in [-0.2, 0) is 11.2 Å². The van der Waals surface area contributed by atoms with Crippen molar-refractivity contribution >= 4 is 39.1 Å². The Bertz CT molecular complexity index is 1250. The number of amides is 1. The van der Waals surface area contributed by atoms with Crippen molar-refractivity contribution in [3.8, 4) is 0 Å². The van der Waals surface area contributed by atoms with Crippen LogP contribution in [-0.4, -0.2) is 42.0 Å². The Morgan fingerprint density at radius 1 is 0.879 bits per heavy atom. The number of fused-ring (bicyclic) bond motifs is 2. The van der Waals surface area contributed by atoms with Crippen molar-refractivity contribution in [2.24, 2.45) is 0 Å². The van der Waals surface area contributed by atoms with Crippen molar-refractivity contribution in [2.45, 2.75) is 25.7 Å². The van der Waals surface area contributed by atoms with Crippen LogP contribution in [0, 0.1) is 0 Å². The third kappa shape index (κ3) is 5.15. The molecular weight excluding hydrogens is 408 g/mol. The molecule has 1 amide bonds. The second-order valence-corrected chi connectivity index (χ2v) is 8.75. The van der Waals surface area contributed by atoms with Crippen LogP contribution in [0.5, 0.6) is 0 Å². The summed E-state index contributed by atoms with van der Waals surface area (Å²) in [6.07, 6.45) is 3.96. The van der Waals surface area contributed by atoms with E-state index in [0.717, 1.165) is 65.8 Å². The second-order valence-electron chi connectivity index (χ2n) is 8.75. The molecule has 5 heteroatoms. The van der Waals surface area contributed by atoms with Gasteiger partial charge in [-0.1, -0.05) is 48.5 Å². The average Bonchev–Trinajstić information content (AvgIpc) is 3.37. The van der Waals surface area contributed by atoms with Gasteiger partial charge in [0.2, 0.25) is 5.91 Å². The van der Waals surface area contributed by atoms with Gasteiger partial charge in [0, 0.05) is 36.0 Å². The first-order valence-corrected chi connectivity index (χ1v) is 11.9. The zero-order valence-corrected chi connectivity index (χ0v) is 18.9. The van der Waals surface area contributed by atoms with Crippen LogP contribution in [0.4, 0.5) is 11.4 Å². The van der Waals surface area contributed by atoms with Gasteiger partial charge in [0.15, 0.2) is 0 Å². The Morgan fingerprint density at radius 3 is 2.48 bits per heavy atom. The maximum Gasteiger partial charge on any atom is 0.225 e. The van der Waals surface area contributed by atoms with Gasteiger partial charge in [-0.05, 0) is 62.2 Å². The largest absolute Gasteiger partial charge is 0.384 e. The first-order valence-electron chi connectivity index (χ1n) is 11.9. The van der Waals surface area contributed by atoms with Gasteiger partial charge in [-0.25, -0.2) is 4.98 Å². The minimum absolute atomic E-state index is 0.0586. The van der Waals surface area contributed by atoms with Crippen LogP contribution >= 0.6 is 0 Å². The Labute approximate surface area is 194 Å². The van der Waals surface area contributed by atoms with Crippen molar-refractivity contribution in [3.63, 3.8) is 0 Å². The lowest BCUT2D eigenvalue weighted by Gasteiger charge is -2.15. The zero-order valence-electron chi connectivity index (χ0n) is 18.9. The zero-order chi connectivity index (χ0) is 22.5. The van der Waals surface area contributed by atoms with E-state index in [1.807, 2.05) is 36.4 Å². The smallest absolute Gasteiger partial charge is 0.225 e. The van der Waals surface area contributed by atoms with Crippen molar-refractivity contribution < 1.29 is 4.79 Å². The quantitative estimate of drug-likeness (QED) is 0.358. The lowest BCUT2D eigenvalue weighted by atomic mass is 10.1. The molecule has 5 rings (SSSR count). The molecule has 0 radical (unpaired) electrons. The van der Waals surface area contributed by atoms with Crippen LogP contribution in [0.3, 0.4) is 0 Å². The fraction of sp³-hybridized carbons (Fsp3) is 0.286. The molecule has 0 aliphatic carbocycles. The van der Waals surface area contributed by atoms with Gasteiger partial charge in [-0.2, -0.15) is 0 Å². The standard InChI is InChI=1S/C28H30N4O/c33-27(15-19-32-17-6-7-18-32)30-22-12-13-24-26(20-22)31-25-11-5-4-10-23(25)28(24)29-16-14-21-8-2-1-3-9-21/h1-5,8-13,20H,6-7,14-19H2,(H,29,31)(H,30,33). The molecule has 5 nitrogen and oxygen atoms in total. The molecule has 0 unspecified atom stereocenters. The molecule has 1 aliphatic heterocycles. The third-order valence-corrected chi connectivity index (χ3v) is 6.38. The Balaban J connectivity index is 1.35. The minimum Gasteiger partial charge on any atom is -0.384 e. The number of hydrogen-bond donors (Lipinski definition) is 2. The fourth-order valence-electron chi connectivity index (χ4n) is 4.63. The first-order chi connectivity index (χ1) is 16.3. The maximum absolute atomic E-state index is 12.5. The van der Waals surface area contributed by atoms with E-state index < -0.39 is 0 Å². The summed E-state index contributed by atoms with van der Waals surface area (Å²) in [4.78, 5) is 19.7. The number of likely N-dealkylation sites (tertiary alicyclic amines) is 1. The van der Waals surface area contributed by atoms with Gasteiger partial charge in [0.05, 0.1) is 16.7 Å². The maximum atomic E-state index is 12.5. The summed E-state index contributed by atoms with van der Waals surface area (Å²) < 4.78 is 0. The number of nitrogens with one attached hydrogen (secondary N) is 2. The SMILES string of the molecule is O=C(CCN1CCCC1)Nc1ccc2c(NCCc3ccccc3)c3ccccc3nc2c1. The number of para-hydroxylation sites is 1. The first kappa shape index (κ1) is 21.4. The number of benzene rings is 3. The molecule has 3 aromatic carbocycles. The molecule has 0 saturated carbocycles. The molecule has 1 saturated heterocycles. The topological polar surface area (TPSA) is 57.3 Å². The van der Waals surface area contributed by atoms with Crippen molar-refractivity contribution in [2.75, 3.05) is 36.8 Å². The van der Waals surface area contributed by atoms with Crippen LogP contribution in [0.1, 0.15) is 24.8 Å². The van der Waals surface area contributed by atoms with Crippen molar-refractivity contribution in [1.29, 1.82) is 0 Å². The molecule has 4 aromatic rings. The van der Waals surface area contributed by atoms with Crippen LogP contribution in [0.2, 0.25) is 0 Å². The van der Waals surface area contributed by atoms with E-state index in [0.29, 0.717) is 6.42 Å². The molecule has 2 N–H and O–H groups in total. The number of pyridine rings is 1. The van der Waals surface area contributed by atoms with Crippen LogP contribution in [0.25, 0.3) is 21.8 Å². The van der Waals surface area contributed by atoms with E-state index in [2.05, 4.69) is 51.9 Å². The predicted octanol–water partition coefficient (Wildman–Crippen LogP) is 5.47. The molecule has 0 spiro atoms. The Hall–Kier alpha value is -3.44. The summed E-state index contributed by atoms with van der Waals surface area (Å²) in [5, 5.41) is 8.90. The number of carbonyl (C=O) groups excluding carboxylic acids is 1. The highest BCUT2D eigenvalue weighted by Gasteiger charge is 2.14. The molecule has 1 aliphatic rings. The summed E-state index contributed by atoms with van der Waals surface area (Å²) in [7, 11) is 0.